The number of likely N-dealkylation sites (tertiary alicyclic amines) is 1. The van der Waals surface area contributed by atoms with Crippen LogP contribution in [-0.2, 0) is 24.0 Å². The molecule has 222 valence electrons. The molecule has 0 saturated carbocycles. The van der Waals surface area contributed by atoms with Crippen molar-refractivity contribution in [2.75, 3.05) is 19.7 Å². The first-order valence-corrected chi connectivity index (χ1v) is 14.5. The molecule has 2 heterocycles. The molecule has 9 heteroatoms. The Balaban J connectivity index is 1.18. The zero-order valence-corrected chi connectivity index (χ0v) is 24.0. The fourth-order valence-corrected chi connectivity index (χ4v) is 5.69. The number of hydrogen-bond donors (Lipinski definition) is 0. The van der Waals surface area contributed by atoms with Crippen molar-refractivity contribution in [1.82, 2.24) is 19.4 Å². The van der Waals surface area contributed by atoms with E-state index >= 15 is 0 Å². The SMILES string of the molecule is CC([C@@H](C)COC(=O)N1CCC(n2c(C(F)(F)F)nc3ccccc32)CC1)N(Cc1ccccc1)Cc1ccccc1. The van der Waals surface area contributed by atoms with Gasteiger partial charge in [-0.2, -0.15) is 13.2 Å². The molecule has 6 nitrogen and oxygen atoms in total. The molecule has 0 N–H and O–H groups in total. The maximum absolute atomic E-state index is 13.8. The van der Waals surface area contributed by atoms with Crippen molar-refractivity contribution in [3.8, 4) is 0 Å². The molecule has 1 fully saturated rings. The molecule has 0 radical (unpaired) electrons. The molecule has 0 aliphatic carbocycles. The Bertz CT molecular complexity index is 1410. The Morgan fingerprint density at radius 1 is 0.905 bits per heavy atom. The second-order valence-corrected chi connectivity index (χ2v) is 11.2. The number of ether oxygens (including phenoxy) is 1. The van der Waals surface area contributed by atoms with Gasteiger partial charge < -0.3 is 14.2 Å². The molecule has 1 aromatic heterocycles. The van der Waals surface area contributed by atoms with Crippen LogP contribution in [0.5, 0.6) is 0 Å². The van der Waals surface area contributed by atoms with Gasteiger partial charge >= 0.3 is 12.3 Å². The van der Waals surface area contributed by atoms with Gasteiger partial charge in [0.25, 0.3) is 0 Å². The number of carbonyl (C=O) groups is 1. The highest BCUT2D eigenvalue weighted by molar-refractivity contribution is 5.76. The number of nitrogens with zero attached hydrogens (tertiary/aromatic N) is 4. The van der Waals surface area contributed by atoms with Crippen LogP contribution < -0.4 is 0 Å². The van der Waals surface area contributed by atoms with Gasteiger partial charge in [0.15, 0.2) is 0 Å². The van der Waals surface area contributed by atoms with Gasteiger partial charge in [-0.3, -0.25) is 4.90 Å². The monoisotopic (exact) mass is 578 g/mol. The molecule has 1 amide bonds. The van der Waals surface area contributed by atoms with Gasteiger partial charge in [0.05, 0.1) is 17.6 Å². The van der Waals surface area contributed by atoms with E-state index < -0.39 is 24.1 Å². The fraction of sp³-hybridized carbons (Fsp3) is 0.394. The second-order valence-electron chi connectivity index (χ2n) is 11.2. The van der Waals surface area contributed by atoms with Gasteiger partial charge in [0.1, 0.15) is 0 Å². The summed E-state index contributed by atoms with van der Waals surface area (Å²) in [6.07, 6.45) is -4.19. The molecular weight excluding hydrogens is 541 g/mol. The minimum atomic E-state index is -4.56. The summed E-state index contributed by atoms with van der Waals surface area (Å²) in [5, 5.41) is 0. The van der Waals surface area contributed by atoms with E-state index in [0.29, 0.717) is 37.0 Å². The lowest BCUT2D eigenvalue weighted by Crippen LogP contribution is -2.42. The van der Waals surface area contributed by atoms with E-state index in [1.165, 1.54) is 15.7 Å². The van der Waals surface area contributed by atoms with Crippen LogP contribution in [0.2, 0.25) is 0 Å². The summed E-state index contributed by atoms with van der Waals surface area (Å²) in [6, 6.07) is 27.0. The second kappa shape index (κ2) is 13.0. The number of para-hydroxylation sites is 2. The number of benzene rings is 3. The molecule has 4 aromatic rings. The highest BCUT2D eigenvalue weighted by Crippen LogP contribution is 2.36. The Kier molecular flexibility index (Phi) is 9.16. The van der Waals surface area contributed by atoms with Crippen molar-refractivity contribution in [2.45, 2.75) is 58.0 Å². The lowest BCUT2D eigenvalue weighted by atomic mass is 10.0. The number of carbonyl (C=O) groups excluding carboxylic acids is 1. The van der Waals surface area contributed by atoms with Crippen molar-refractivity contribution >= 4 is 17.1 Å². The van der Waals surface area contributed by atoms with Crippen molar-refractivity contribution in [1.29, 1.82) is 0 Å². The Labute approximate surface area is 244 Å². The Hall–Kier alpha value is -3.85. The van der Waals surface area contributed by atoms with Gasteiger partial charge in [-0.05, 0) is 43.0 Å². The van der Waals surface area contributed by atoms with Gasteiger partial charge in [0, 0.05) is 44.2 Å². The molecule has 3 aromatic carbocycles. The van der Waals surface area contributed by atoms with E-state index in [4.69, 9.17) is 4.74 Å². The predicted octanol–water partition coefficient (Wildman–Crippen LogP) is 7.56. The van der Waals surface area contributed by atoms with Crippen LogP contribution in [-0.4, -0.2) is 51.2 Å². The zero-order chi connectivity index (χ0) is 29.7. The van der Waals surface area contributed by atoms with Gasteiger partial charge in [0.2, 0.25) is 5.82 Å². The number of piperidine rings is 1. The van der Waals surface area contributed by atoms with E-state index in [2.05, 4.69) is 48.0 Å². The van der Waals surface area contributed by atoms with E-state index in [1.54, 1.807) is 29.2 Å². The summed E-state index contributed by atoms with van der Waals surface area (Å²) in [6.45, 7) is 6.68. The molecule has 5 rings (SSSR count). The summed E-state index contributed by atoms with van der Waals surface area (Å²) >= 11 is 0. The largest absolute Gasteiger partial charge is 0.449 e. The lowest BCUT2D eigenvalue weighted by molar-refractivity contribution is -0.147. The van der Waals surface area contributed by atoms with Crippen molar-refractivity contribution in [3.63, 3.8) is 0 Å². The summed E-state index contributed by atoms with van der Waals surface area (Å²) in [5.41, 5.74) is 3.21. The molecule has 42 heavy (non-hydrogen) atoms. The van der Waals surface area contributed by atoms with E-state index in [1.807, 2.05) is 36.4 Å². The van der Waals surface area contributed by atoms with Crippen LogP contribution >= 0.6 is 0 Å². The average Bonchev–Trinajstić information content (AvgIpc) is 3.41. The molecule has 1 saturated heterocycles. The van der Waals surface area contributed by atoms with Gasteiger partial charge in [-0.15, -0.1) is 0 Å². The van der Waals surface area contributed by atoms with E-state index in [9.17, 15) is 18.0 Å². The zero-order valence-electron chi connectivity index (χ0n) is 24.0. The first-order chi connectivity index (χ1) is 20.2. The standard InChI is InChI=1S/C33H37F3N4O2/c1-24(25(2)39(21-26-11-5-3-6-12-26)22-27-13-7-4-8-14-27)23-42-32(41)38-19-17-28(18-20-38)40-30-16-10-9-15-29(30)37-31(40)33(34,35)36/h3-16,24-25,28H,17-23H2,1-2H3/t24-,25?/m0/s1. The minimum absolute atomic E-state index is 0.0607. The molecular formula is C33H37F3N4O2. The highest BCUT2D eigenvalue weighted by Gasteiger charge is 2.40. The first-order valence-electron chi connectivity index (χ1n) is 14.5. The fourth-order valence-electron chi connectivity index (χ4n) is 5.69. The van der Waals surface area contributed by atoms with Gasteiger partial charge in [-0.1, -0.05) is 79.7 Å². The number of amides is 1. The van der Waals surface area contributed by atoms with Crippen molar-refractivity contribution in [3.05, 3.63) is 102 Å². The Morgan fingerprint density at radius 2 is 1.45 bits per heavy atom. The third kappa shape index (κ3) is 6.95. The molecule has 1 aliphatic heterocycles. The van der Waals surface area contributed by atoms with Crippen LogP contribution in [0.4, 0.5) is 18.0 Å². The smallest absolute Gasteiger partial charge is 0.449 e. The lowest BCUT2D eigenvalue weighted by Gasteiger charge is -2.35. The van der Waals surface area contributed by atoms with Crippen LogP contribution in [0, 0.1) is 5.92 Å². The van der Waals surface area contributed by atoms with Crippen LogP contribution in [0.3, 0.4) is 0 Å². The number of aromatic nitrogens is 2. The number of rotatable bonds is 9. The molecule has 0 bridgehead atoms. The Morgan fingerprint density at radius 3 is 2.02 bits per heavy atom. The molecule has 0 spiro atoms. The third-order valence-electron chi connectivity index (χ3n) is 8.26. The topological polar surface area (TPSA) is 50.6 Å². The quantitative estimate of drug-likeness (QED) is 0.206. The number of hydrogen-bond acceptors (Lipinski definition) is 4. The molecule has 1 aliphatic rings. The highest BCUT2D eigenvalue weighted by atomic mass is 19.4. The number of fused-ring (bicyclic) bond motifs is 1. The molecule has 2 atom stereocenters. The predicted molar refractivity (Wildman–Crippen MR) is 157 cm³/mol. The normalized spacial score (nSPS) is 16.1. The summed E-state index contributed by atoms with van der Waals surface area (Å²) < 4.78 is 48.5. The summed E-state index contributed by atoms with van der Waals surface area (Å²) in [4.78, 5) is 20.9. The van der Waals surface area contributed by atoms with E-state index in [0.717, 1.165) is 13.1 Å². The van der Waals surface area contributed by atoms with E-state index in [-0.39, 0.29) is 18.6 Å². The van der Waals surface area contributed by atoms with Crippen molar-refractivity contribution in [2.24, 2.45) is 5.92 Å². The third-order valence-corrected chi connectivity index (χ3v) is 8.26. The summed E-state index contributed by atoms with van der Waals surface area (Å²) in [7, 11) is 0. The number of imidazole rings is 1. The first kappa shape index (κ1) is 29.6. The van der Waals surface area contributed by atoms with Gasteiger partial charge in [-0.25, -0.2) is 9.78 Å². The summed E-state index contributed by atoms with van der Waals surface area (Å²) in [5.74, 6) is -0.825. The van der Waals surface area contributed by atoms with Crippen LogP contribution in [0.15, 0.2) is 84.9 Å². The van der Waals surface area contributed by atoms with Crippen LogP contribution in [0.1, 0.15) is 49.7 Å². The minimum Gasteiger partial charge on any atom is -0.449 e. The maximum Gasteiger partial charge on any atom is 0.449 e. The van der Waals surface area contributed by atoms with Crippen LogP contribution in [0.25, 0.3) is 11.0 Å². The maximum atomic E-state index is 13.8. The van der Waals surface area contributed by atoms with Crippen molar-refractivity contribution < 1.29 is 22.7 Å². The number of halogens is 3. The molecule has 1 unspecified atom stereocenters. The number of alkyl halides is 3. The average molecular weight is 579 g/mol.